The lowest BCUT2D eigenvalue weighted by atomic mass is 10.2. The van der Waals surface area contributed by atoms with E-state index in [1.54, 1.807) is 12.1 Å². The molecular weight excluding hydrogens is 271 g/mol. The molecule has 2 rings (SSSR count). The molecule has 98 valence electrons. The van der Waals surface area contributed by atoms with Crippen molar-refractivity contribution in [3.05, 3.63) is 58.5 Å². The number of nitrogens with one attached hydrogen (secondary N) is 1. The zero-order valence-corrected chi connectivity index (χ0v) is 10.5. The molecule has 0 radical (unpaired) electrons. The Bertz CT molecular complexity index is 619. The first-order chi connectivity index (χ1) is 9.06. The van der Waals surface area contributed by atoms with Gasteiger partial charge in [0.15, 0.2) is 0 Å². The Hall–Kier alpha value is -2.14. The lowest BCUT2D eigenvalue weighted by Gasteiger charge is -2.08. The molecule has 1 aromatic heterocycles. The molecule has 0 aliphatic rings. The van der Waals surface area contributed by atoms with Crippen LogP contribution < -0.4 is 5.32 Å². The van der Waals surface area contributed by atoms with E-state index in [0.717, 1.165) is 5.56 Å². The predicted molar refractivity (Wildman–Crippen MR) is 69.9 cm³/mol. The van der Waals surface area contributed by atoms with Crippen LogP contribution in [0.1, 0.15) is 15.9 Å². The summed E-state index contributed by atoms with van der Waals surface area (Å²) in [6.07, 6.45) is 1.21. The molecule has 0 saturated carbocycles. The molecule has 0 spiro atoms. The fourth-order valence-electron chi connectivity index (χ4n) is 1.52. The summed E-state index contributed by atoms with van der Waals surface area (Å²) in [5.74, 6) is -1.05. The molecule has 0 fully saturated rings. The van der Waals surface area contributed by atoms with E-state index in [1.807, 2.05) is 0 Å². The van der Waals surface area contributed by atoms with Gasteiger partial charge in [-0.25, -0.2) is 14.2 Å². The lowest BCUT2D eigenvalue weighted by molar-refractivity contribution is 0.0696. The minimum absolute atomic E-state index is 0.0151. The first-order valence-electron chi connectivity index (χ1n) is 5.43. The zero-order chi connectivity index (χ0) is 13.8. The number of rotatable bonds is 4. The third-order valence-electron chi connectivity index (χ3n) is 2.44. The van der Waals surface area contributed by atoms with Crippen molar-refractivity contribution in [2.45, 2.75) is 6.54 Å². The van der Waals surface area contributed by atoms with Gasteiger partial charge in [0.1, 0.15) is 11.6 Å². The van der Waals surface area contributed by atoms with E-state index in [-0.39, 0.29) is 16.4 Å². The van der Waals surface area contributed by atoms with Crippen LogP contribution in [0.3, 0.4) is 0 Å². The first kappa shape index (κ1) is 13.3. The van der Waals surface area contributed by atoms with Crippen LogP contribution in [0, 0.1) is 5.82 Å². The predicted octanol–water partition coefficient (Wildman–Crippen LogP) is 3.18. The molecule has 0 saturated heterocycles. The van der Waals surface area contributed by atoms with Crippen molar-refractivity contribution < 1.29 is 14.3 Å². The van der Waals surface area contributed by atoms with Gasteiger partial charge in [-0.2, -0.15) is 0 Å². The molecule has 1 heterocycles. The molecule has 2 aromatic rings. The zero-order valence-electron chi connectivity index (χ0n) is 9.73. The van der Waals surface area contributed by atoms with Gasteiger partial charge in [0, 0.05) is 12.7 Å². The maximum Gasteiger partial charge on any atom is 0.337 e. The highest BCUT2D eigenvalue weighted by atomic mass is 35.5. The number of carboxylic acids is 1. The molecular formula is C13H10ClFN2O2. The summed E-state index contributed by atoms with van der Waals surface area (Å²) < 4.78 is 13.0. The summed E-state index contributed by atoms with van der Waals surface area (Å²) in [6, 6.07) is 7.43. The van der Waals surface area contributed by atoms with Crippen molar-refractivity contribution in [1.29, 1.82) is 0 Å². The van der Waals surface area contributed by atoms with Gasteiger partial charge in [-0.1, -0.05) is 23.7 Å². The van der Waals surface area contributed by atoms with Crippen LogP contribution in [0.2, 0.25) is 5.02 Å². The lowest BCUT2D eigenvalue weighted by Crippen LogP contribution is -2.04. The molecule has 0 unspecified atom stereocenters. The smallest absolute Gasteiger partial charge is 0.337 e. The van der Waals surface area contributed by atoms with E-state index >= 15 is 0 Å². The largest absolute Gasteiger partial charge is 0.478 e. The number of carboxylic acid groups (broad SMARTS) is 1. The van der Waals surface area contributed by atoms with E-state index in [1.165, 1.54) is 24.4 Å². The van der Waals surface area contributed by atoms with Gasteiger partial charge in [-0.15, -0.1) is 0 Å². The SMILES string of the molecule is O=C(O)c1cnc(NCc2cccc(F)c2)c(Cl)c1. The first-order valence-corrected chi connectivity index (χ1v) is 5.81. The molecule has 6 heteroatoms. The van der Waals surface area contributed by atoms with Gasteiger partial charge in [0.2, 0.25) is 0 Å². The van der Waals surface area contributed by atoms with Crippen molar-refractivity contribution in [3.8, 4) is 0 Å². The minimum Gasteiger partial charge on any atom is -0.478 e. The maximum atomic E-state index is 13.0. The van der Waals surface area contributed by atoms with Gasteiger partial charge >= 0.3 is 5.97 Å². The number of aromatic nitrogens is 1. The Labute approximate surface area is 113 Å². The molecule has 4 nitrogen and oxygen atoms in total. The van der Waals surface area contributed by atoms with Crippen LogP contribution in [-0.2, 0) is 6.54 Å². The highest BCUT2D eigenvalue weighted by Gasteiger charge is 2.08. The number of hydrogen-bond donors (Lipinski definition) is 2. The number of nitrogens with zero attached hydrogens (tertiary/aromatic N) is 1. The third kappa shape index (κ3) is 3.42. The van der Waals surface area contributed by atoms with E-state index in [4.69, 9.17) is 16.7 Å². The Kier molecular flexibility index (Phi) is 3.97. The highest BCUT2D eigenvalue weighted by Crippen LogP contribution is 2.20. The summed E-state index contributed by atoms with van der Waals surface area (Å²) in [7, 11) is 0. The quantitative estimate of drug-likeness (QED) is 0.903. The summed E-state index contributed by atoms with van der Waals surface area (Å²) >= 11 is 5.91. The highest BCUT2D eigenvalue weighted by molar-refractivity contribution is 6.33. The fraction of sp³-hybridized carbons (Fsp3) is 0.0769. The van der Waals surface area contributed by atoms with Crippen molar-refractivity contribution >= 4 is 23.4 Å². The van der Waals surface area contributed by atoms with E-state index < -0.39 is 5.97 Å². The van der Waals surface area contributed by atoms with Crippen LogP contribution >= 0.6 is 11.6 Å². The van der Waals surface area contributed by atoms with Crippen LogP contribution in [0.15, 0.2) is 36.5 Å². The van der Waals surface area contributed by atoms with Gasteiger partial charge < -0.3 is 10.4 Å². The van der Waals surface area contributed by atoms with Crippen molar-refractivity contribution in [1.82, 2.24) is 4.98 Å². The molecule has 0 atom stereocenters. The van der Waals surface area contributed by atoms with Gasteiger partial charge in [0.05, 0.1) is 10.6 Å². The number of anilines is 1. The van der Waals surface area contributed by atoms with Gasteiger partial charge in [-0.05, 0) is 23.8 Å². The Morgan fingerprint density at radius 3 is 2.84 bits per heavy atom. The second kappa shape index (κ2) is 5.67. The summed E-state index contributed by atoms with van der Waals surface area (Å²) in [5, 5.41) is 11.9. The topological polar surface area (TPSA) is 62.2 Å². The number of hydrogen-bond acceptors (Lipinski definition) is 3. The third-order valence-corrected chi connectivity index (χ3v) is 2.73. The molecule has 19 heavy (non-hydrogen) atoms. The number of halogens is 2. The van der Waals surface area contributed by atoms with Gasteiger partial charge in [0.25, 0.3) is 0 Å². The second-order valence-corrected chi connectivity index (χ2v) is 4.25. The normalized spacial score (nSPS) is 10.2. The maximum absolute atomic E-state index is 13.0. The van der Waals surface area contributed by atoms with Gasteiger partial charge in [-0.3, -0.25) is 0 Å². The standard InChI is InChI=1S/C13H10ClFN2O2/c14-11-5-9(13(18)19)7-17-12(11)16-6-8-2-1-3-10(15)4-8/h1-5,7H,6H2,(H,16,17)(H,18,19). The van der Waals surface area contributed by atoms with Crippen molar-refractivity contribution in [2.75, 3.05) is 5.32 Å². The van der Waals surface area contributed by atoms with Crippen LogP contribution in [0.4, 0.5) is 10.2 Å². The number of aromatic carboxylic acids is 1. The number of benzene rings is 1. The number of carbonyl (C=O) groups is 1. The molecule has 0 bridgehead atoms. The van der Waals surface area contributed by atoms with E-state index in [0.29, 0.717) is 12.4 Å². The molecule has 0 amide bonds. The molecule has 1 aromatic carbocycles. The Balaban J connectivity index is 2.10. The Morgan fingerprint density at radius 2 is 2.21 bits per heavy atom. The summed E-state index contributed by atoms with van der Waals surface area (Å²) in [4.78, 5) is 14.6. The summed E-state index contributed by atoms with van der Waals surface area (Å²) in [6.45, 7) is 0.344. The average molecular weight is 281 g/mol. The van der Waals surface area contributed by atoms with Crippen LogP contribution in [-0.4, -0.2) is 16.1 Å². The van der Waals surface area contributed by atoms with E-state index in [9.17, 15) is 9.18 Å². The second-order valence-electron chi connectivity index (χ2n) is 3.84. The number of pyridine rings is 1. The minimum atomic E-state index is -1.09. The average Bonchev–Trinajstić information content (AvgIpc) is 2.37. The molecule has 2 N–H and O–H groups in total. The molecule has 0 aliphatic carbocycles. The van der Waals surface area contributed by atoms with Crippen LogP contribution in [0.25, 0.3) is 0 Å². The monoisotopic (exact) mass is 280 g/mol. The molecule has 0 aliphatic heterocycles. The van der Waals surface area contributed by atoms with Crippen molar-refractivity contribution in [2.24, 2.45) is 0 Å². The van der Waals surface area contributed by atoms with E-state index in [2.05, 4.69) is 10.3 Å². The summed E-state index contributed by atoms with van der Waals surface area (Å²) in [5.41, 5.74) is 0.751. The van der Waals surface area contributed by atoms with Crippen LogP contribution in [0.5, 0.6) is 0 Å². The van der Waals surface area contributed by atoms with Crippen molar-refractivity contribution in [3.63, 3.8) is 0 Å². The Morgan fingerprint density at radius 1 is 1.42 bits per heavy atom. The fourth-order valence-corrected chi connectivity index (χ4v) is 1.75.